The van der Waals surface area contributed by atoms with Crippen molar-refractivity contribution in [1.82, 2.24) is 0 Å². The van der Waals surface area contributed by atoms with Crippen LogP contribution in [0.1, 0.15) is 6.92 Å². The van der Waals surface area contributed by atoms with Gasteiger partial charge in [0.1, 0.15) is 0 Å². The van der Waals surface area contributed by atoms with Crippen LogP contribution in [-0.2, 0) is 4.79 Å². The number of para-hydroxylation sites is 1. The summed E-state index contributed by atoms with van der Waals surface area (Å²) in [5.41, 5.74) is 0.652. The number of carbonyl (C=O) groups excluding carboxylic acids is 2. The van der Waals surface area contributed by atoms with Crippen LogP contribution in [0.4, 0.5) is 10.5 Å². The van der Waals surface area contributed by atoms with Gasteiger partial charge in [-0.2, -0.15) is 0 Å². The Kier molecular flexibility index (Phi) is 2.29. The van der Waals surface area contributed by atoms with Crippen LogP contribution in [-0.4, -0.2) is 16.4 Å². The van der Waals surface area contributed by atoms with Crippen molar-refractivity contribution in [2.45, 2.75) is 12.2 Å². The van der Waals surface area contributed by atoms with Gasteiger partial charge in [-0.15, -0.1) is 0 Å². The first-order valence-corrected chi connectivity index (χ1v) is 5.18. The van der Waals surface area contributed by atoms with Gasteiger partial charge in [0.05, 0.1) is 10.9 Å². The Morgan fingerprint density at radius 3 is 2.36 bits per heavy atom. The first kappa shape index (κ1) is 9.27. The van der Waals surface area contributed by atoms with Crippen LogP contribution in [0.5, 0.6) is 0 Å². The zero-order valence-corrected chi connectivity index (χ0v) is 8.45. The number of amides is 2. The molecular weight excluding hydrogens is 198 g/mol. The quantitative estimate of drug-likeness (QED) is 0.709. The Bertz CT molecular complexity index is 377. The van der Waals surface area contributed by atoms with E-state index in [4.69, 9.17) is 0 Å². The maximum atomic E-state index is 11.6. The van der Waals surface area contributed by atoms with Gasteiger partial charge in [-0.1, -0.05) is 30.0 Å². The average Bonchev–Trinajstić information content (AvgIpc) is 2.43. The minimum absolute atomic E-state index is 0.133. The maximum Gasteiger partial charge on any atom is 0.293 e. The fraction of sp³-hybridized carbons (Fsp3) is 0.200. The lowest BCUT2D eigenvalue weighted by molar-refractivity contribution is -0.116. The molecular formula is C10H9NO2S. The van der Waals surface area contributed by atoms with E-state index in [-0.39, 0.29) is 16.4 Å². The number of nitrogens with zero attached hydrogens (tertiary/aromatic N) is 1. The van der Waals surface area contributed by atoms with Crippen molar-refractivity contribution in [3.05, 3.63) is 30.3 Å². The summed E-state index contributed by atoms with van der Waals surface area (Å²) >= 11 is 1.07. The first-order chi connectivity index (χ1) is 6.70. The Balaban J connectivity index is 2.36. The molecule has 72 valence electrons. The number of rotatable bonds is 1. The Morgan fingerprint density at radius 2 is 1.86 bits per heavy atom. The van der Waals surface area contributed by atoms with Crippen molar-refractivity contribution >= 4 is 28.6 Å². The predicted molar refractivity (Wildman–Crippen MR) is 56.4 cm³/mol. The molecule has 0 spiro atoms. The molecule has 0 radical (unpaired) electrons. The van der Waals surface area contributed by atoms with Gasteiger partial charge in [0.2, 0.25) is 5.91 Å². The molecule has 1 atom stereocenters. The molecule has 1 saturated heterocycles. The molecule has 0 aromatic heterocycles. The summed E-state index contributed by atoms with van der Waals surface area (Å²) in [7, 11) is 0. The van der Waals surface area contributed by atoms with Gasteiger partial charge >= 0.3 is 0 Å². The van der Waals surface area contributed by atoms with Crippen molar-refractivity contribution in [3.8, 4) is 0 Å². The number of thioether (sulfide) groups is 1. The molecule has 1 heterocycles. The molecule has 1 aromatic rings. The lowest BCUT2D eigenvalue weighted by Gasteiger charge is -2.12. The molecule has 4 heteroatoms. The van der Waals surface area contributed by atoms with Crippen LogP contribution in [0, 0.1) is 0 Å². The van der Waals surface area contributed by atoms with Crippen molar-refractivity contribution in [1.29, 1.82) is 0 Å². The monoisotopic (exact) mass is 207 g/mol. The lowest BCUT2D eigenvalue weighted by atomic mass is 10.3. The summed E-state index contributed by atoms with van der Waals surface area (Å²) < 4.78 is 0. The van der Waals surface area contributed by atoms with Gasteiger partial charge in [0, 0.05) is 0 Å². The highest BCUT2D eigenvalue weighted by molar-refractivity contribution is 8.15. The van der Waals surface area contributed by atoms with Gasteiger partial charge in [-0.05, 0) is 19.1 Å². The standard InChI is InChI=1S/C10H9NO2S/c1-7-9(12)11(10(13)14-7)8-5-3-2-4-6-8/h2-7H,1H3/t7-/m1/s1. The number of anilines is 1. The number of carbonyl (C=O) groups is 2. The van der Waals surface area contributed by atoms with Crippen molar-refractivity contribution in [2.75, 3.05) is 4.90 Å². The van der Waals surface area contributed by atoms with Gasteiger partial charge in [0.25, 0.3) is 5.24 Å². The van der Waals surface area contributed by atoms with Crippen LogP contribution < -0.4 is 4.90 Å². The van der Waals surface area contributed by atoms with Crippen LogP contribution in [0.2, 0.25) is 0 Å². The molecule has 0 saturated carbocycles. The molecule has 0 bridgehead atoms. The van der Waals surface area contributed by atoms with Crippen LogP contribution >= 0.6 is 11.8 Å². The zero-order valence-electron chi connectivity index (χ0n) is 7.64. The summed E-state index contributed by atoms with van der Waals surface area (Å²) in [6.07, 6.45) is 0. The second-order valence-electron chi connectivity index (χ2n) is 3.04. The summed E-state index contributed by atoms with van der Waals surface area (Å²) in [6.45, 7) is 1.74. The molecule has 1 aliphatic rings. The van der Waals surface area contributed by atoms with Gasteiger partial charge < -0.3 is 0 Å². The van der Waals surface area contributed by atoms with E-state index in [0.29, 0.717) is 5.69 Å². The molecule has 1 aromatic carbocycles. The van der Waals surface area contributed by atoms with Crippen molar-refractivity contribution < 1.29 is 9.59 Å². The highest BCUT2D eigenvalue weighted by atomic mass is 32.2. The van der Waals surface area contributed by atoms with Crippen molar-refractivity contribution in [3.63, 3.8) is 0 Å². The van der Waals surface area contributed by atoms with E-state index in [2.05, 4.69) is 0 Å². The van der Waals surface area contributed by atoms with Crippen LogP contribution in [0.15, 0.2) is 30.3 Å². The average molecular weight is 207 g/mol. The van der Waals surface area contributed by atoms with E-state index in [1.165, 1.54) is 4.90 Å². The third-order valence-electron chi connectivity index (χ3n) is 2.04. The second kappa shape index (κ2) is 3.46. The summed E-state index contributed by atoms with van der Waals surface area (Å²) in [5, 5.41) is -0.448. The van der Waals surface area contributed by atoms with E-state index < -0.39 is 0 Å². The van der Waals surface area contributed by atoms with Gasteiger partial charge in [0.15, 0.2) is 0 Å². The van der Waals surface area contributed by atoms with E-state index in [1.54, 1.807) is 19.1 Å². The van der Waals surface area contributed by atoms with Gasteiger partial charge in [-0.3, -0.25) is 9.59 Å². The Hall–Kier alpha value is -1.29. The highest BCUT2D eigenvalue weighted by Gasteiger charge is 2.37. The molecule has 2 amide bonds. The third-order valence-corrected chi connectivity index (χ3v) is 2.98. The van der Waals surface area contributed by atoms with Crippen LogP contribution in [0.3, 0.4) is 0 Å². The molecule has 0 unspecified atom stereocenters. The fourth-order valence-corrected chi connectivity index (χ4v) is 2.15. The zero-order chi connectivity index (χ0) is 10.1. The molecule has 1 aliphatic heterocycles. The van der Waals surface area contributed by atoms with Crippen molar-refractivity contribution in [2.24, 2.45) is 0 Å². The lowest BCUT2D eigenvalue weighted by Crippen LogP contribution is -2.30. The largest absolute Gasteiger partial charge is 0.293 e. The third kappa shape index (κ3) is 1.42. The molecule has 0 N–H and O–H groups in total. The number of hydrogen-bond acceptors (Lipinski definition) is 3. The summed E-state index contributed by atoms with van der Waals surface area (Å²) in [4.78, 5) is 24.3. The van der Waals surface area contributed by atoms with E-state index in [1.807, 2.05) is 18.2 Å². The number of imide groups is 1. The maximum absolute atomic E-state index is 11.6. The fourth-order valence-electron chi connectivity index (χ4n) is 1.34. The SMILES string of the molecule is C[C@H]1SC(=O)N(c2ccccc2)C1=O. The second-order valence-corrected chi connectivity index (χ2v) is 4.33. The molecule has 14 heavy (non-hydrogen) atoms. The Morgan fingerprint density at radius 1 is 1.21 bits per heavy atom. The minimum Gasteiger partial charge on any atom is -0.273 e. The summed E-state index contributed by atoms with van der Waals surface area (Å²) in [6, 6.07) is 8.99. The van der Waals surface area contributed by atoms with Crippen LogP contribution in [0.25, 0.3) is 0 Å². The number of hydrogen-bond donors (Lipinski definition) is 0. The highest BCUT2D eigenvalue weighted by Crippen LogP contribution is 2.30. The molecule has 2 rings (SSSR count). The predicted octanol–water partition coefficient (Wildman–Crippen LogP) is 2.27. The number of benzene rings is 1. The topological polar surface area (TPSA) is 37.4 Å². The van der Waals surface area contributed by atoms with Gasteiger partial charge in [-0.25, -0.2) is 4.90 Å². The smallest absolute Gasteiger partial charge is 0.273 e. The molecule has 1 fully saturated rings. The minimum atomic E-state index is -0.261. The van der Waals surface area contributed by atoms with E-state index in [9.17, 15) is 9.59 Å². The summed E-state index contributed by atoms with van der Waals surface area (Å²) in [5.74, 6) is -0.133. The van der Waals surface area contributed by atoms with E-state index in [0.717, 1.165) is 11.8 Å². The first-order valence-electron chi connectivity index (χ1n) is 4.30. The normalized spacial score (nSPS) is 21.8. The Labute approximate surface area is 86.1 Å². The van der Waals surface area contributed by atoms with E-state index >= 15 is 0 Å². The molecule has 0 aliphatic carbocycles. The molecule has 3 nitrogen and oxygen atoms in total.